The molecule has 4 aromatic rings. The predicted molar refractivity (Wildman–Crippen MR) is 160 cm³/mol. The average Bonchev–Trinajstić information content (AvgIpc) is 3.26. The van der Waals surface area contributed by atoms with E-state index in [2.05, 4.69) is 41.0 Å². The van der Waals surface area contributed by atoms with Crippen LogP contribution >= 0.6 is 36.0 Å². The van der Waals surface area contributed by atoms with E-state index in [4.69, 9.17) is 27.0 Å². The maximum atomic E-state index is 13.7. The Morgan fingerprint density at radius 1 is 0.897 bits per heavy atom. The van der Waals surface area contributed by atoms with E-state index in [0.29, 0.717) is 17.0 Å². The third kappa shape index (κ3) is 10.6. The molecule has 0 radical (unpaired) electrons. The van der Waals surface area contributed by atoms with Crippen LogP contribution in [0.2, 0.25) is 5.02 Å². The standard InChI is InChI=1S/C21H15ClFN3O2S.2CH3NOS.CH4.H2O/c22-16-12-15(10-11-17(16)23)20-13-18(14-6-2-1-3-7-14)25-26(20)19-8-4-5-9-21(19)29(24,27)28;2*2-1(3)4;;/h1-13H,(H2,24,27,28);2*(H3,2,3,4);1H4;1H2. The van der Waals surface area contributed by atoms with Gasteiger partial charge in [0.1, 0.15) is 10.7 Å². The number of nitrogens with zero attached hydrogens (tertiary/aromatic N) is 2. The monoisotopic (exact) mass is 615 g/mol. The molecule has 3 aromatic carbocycles. The van der Waals surface area contributed by atoms with Gasteiger partial charge in [0.25, 0.3) is 10.3 Å². The van der Waals surface area contributed by atoms with Crippen molar-refractivity contribution in [3.8, 4) is 28.2 Å². The molecule has 0 bridgehead atoms. The molecule has 0 spiro atoms. The van der Waals surface area contributed by atoms with Gasteiger partial charge in [-0.25, -0.2) is 22.6 Å². The zero-order valence-electron chi connectivity index (χ0n) is 19.3. The van der Waals surface area contributed by atoms with Gasteiger partial charge in [0.2, 0.25) is 10.0 Å². The molecule has 210 valence electrons. The van der Waals surface area contributed by atoms with Crippen molar-refractivity contribution >= 4 is 56.4 Å². The fourth-order valence-corrected chi connectivity index (χ4v) is 3.94. The number of aliphatic hydroxyl groups is 2. The number of hydrogen-bond donors (Lipinski definition) is 5. The second-order valence-corrected chi connectivity index (χ2v) is 9.78. The largest absolute Gasteiger partial charge is 0.487 e. The Morgan fingerprint density at radius 2 is 1.41 bits per heavy atom. The number of aromatic nitrogens is 2. The molecule has 4 rings (SSSR count). The summed E-state index contributed by atoms with van der Waals surface area (Å²) >= 11 is 13.7. The van der Waals surface area contributed by atoms with Gasteiger partial charge < -0.3 is 27.2 Å². The van der Waals surface area contributed by atoms with Gasteiger partial charge in [0, 0.05) is 11.1 Å². The zero-order valence-corrected chi connectivity index (χ0v) is 22.5. The number of thiocarbonyl (C=S) groups is 2. The number of para-hydroxylation sites is 1. The van der Waals surface area contributed by atoms with Crippen molar-refractivity contribution in [2.24, 2.45) is 16.6 Å². The molecule has 10 nitrogen and oxygen atoms in total. The maximum Gasteiger partial charge on any atom is 0.251 e. The van der Waals surface area contributed by atoms with Crippen molar-refractivity contribution in [1.82, 2.24) is 9.78 Å². The van der Waals surface area contributed by atoms with E-state index in [1.165, 1.54) is 22.9 Å². The number of nitrogens with two attached hydrogens (primary N) is 3. The number of rotatable bonds is 4. The first-order valence-corrected chi connectivity index (χ1v) is 12.7. The highest BCUT2D eigenvalue weighted by Crippen LogP contribution is 2.32. The molecule has 0 atom stereocenters. The van der Waals surface area contributed by atoms with Crippen LogP contribution in [0.5, 0.6) is 0 Å². The summed E-state index contributed by atoms with van der Waals surface area (Å²) in [4.78, 5) is -0.0721. The molecule has 10 N–H and O–H groups in total. The summed E-state index contributed by atoms with van der Waals surface area (Å²) in [6.07, 6.45) is 0. The van der Waals surface area contributed by atoms with Crippen molar-refractivity contribution < 1.29 is 28.5 Å². The van der Waals surface area contributed by atoms with E-state index >= 15 is 0 Å². The molecule has 0 aliphatic heterocycles. The number of aliphatic hydroxyl groups excluding tert-OH is 2. The van der Waals surface area contributed by atoms with Crippen molar-refractivity contribution in [2.45, 2.75) is 12.3 Å². The first-order chi connectivity index (χ1) is 17.3. The lowest BCUT2D eigenvalue weighted by Crippen LogP contribution is -2.16. The average molecular weight is 616 g/mol. The quantitative estimate of drug-likeness (QED) is 0.210. The smallest absolute Gasteiger partial charge is 0.251 e. The molecule has 0 fully saturated rings. The van der Waals surface area contributed by atoms with E-state index in [0.717, 1.165) is 5.56 Å². The number of sulfonamides is 1. The predicted octanol–water partition coefficient (Wildman–Crippen LogP) is 4.03. The Balaban J connectivity index is 0.00000128. The summed E-state index contributed by atoms with van der Waals surface area (Å²) in [7, 11) is -4.00. The van der Waals surface area contributed by atoms with Crippen molar-refractivity contribution in [1.29, 1.82) is 0 Å². The highest BCUT2D eigenvalue weighted by molar-refractivity contribution is 7.89. The Labute approximate surface area is 240 Å². The lowest BCUT2D eigenvalue weighted by Gasteiger charge is -2.11. The van der Waals surface area contributed by atoms with Crippen LogP contribution < -0.4 is 16.6 Å². The lowest BCUT2D eigenvalue weighted by molar-refractivity contribution is 0.559. The molecule has 0 saturated heterocycles. The Kier molecular flexibility index (Phi) is 14.2. The van der Waals surface area contributed by atoms with Gasteiger partial charge >= 0.3 is 0 Å². The molecule has 1 heterocycles. The summed E-state index contributed by atoms with van der Waals surface area (Å²) in [6, 6.07) is 21.8. The van der Waals surface area contributed by atoms with Crippen LogP contribution in [0.15, 0.2) is 83.8 Å². The molecular formula is C24H27ClFN5O5S3. The SMILES string of the molecule is C.NC(O)=S.NC(O)=S.NS(=O)(=O)c1ccccc1-n1nc(-c2ccccc2)cc1-c1ccc(F)c(Cl)c1.O. The molecular weight excluding hydrogens is 589 g/mol. The topological polar surface area (TPSA) is 202 Å². The van der Waals surface area contributed by atoms with E-state index in [9.17, 15) is 12.8 Å². The highest BCUT2D eigenvalue weighted by Gasteiger charge is 2.20. The second kappa shape index (κ2) is 15.7. The van der Waals surface area contributed by atoms with Gasteiger partial charge in [-0.1, -0.05) is 61.5 Å². The minimum absolute atomic E-state index is 0. The van der Waals surface area contributed by atoms with Gasteiger partial charge in [-0.05, 0) is 60.8 Å². The highest BCUT2D eigenvalue weighted by atomic mass is 35.5. The van der Waals surface area contributed by atoms with E-state index in [-0.39, 0.29) is 28.5 Å². The van der Waals surface area contributed by atoms with Crippen molar-refractivity contribution in [2.75, 3.05) is 0 Å². The van der Waals surface area contributed by atoms with E-state index in [1.807, 2.05) is 30.3 Å². The van der Waals surface area contributed by atoms with E-state index in [1.54, 1.807) is 30.3 Å². The molecule has 0 aliphatic carbocycles. The summed E-state index contributed by atoms with van der Waals surface area (Å²) < 4.78 is 39.4. The van der Waals surface area contributed by atoms with Crippen LogP contribution in [0.3, 0.4) is 0 Å². The summed E-state index contributed by atoms with van der Waals surface area (Å²) in [5.74, 6) is -0.547. The summed E-state index contributed by atoms with van der Waals surface area (Å²) in [5, 5.41) is 24.1. The Hall–Kier alpha value is -3.66. The van der Waals surface area contributed by atoms with Gasteiger partial charge in [-0.15, -0.1) is 0 Å². The van der Waals surface area contributed by atoms with Crippen LogP contribution in [-0.2, 0) is 10.0 Å². The van der Waals surface area contributed by atoms with Crippen molar-refractivity contribution in [3.63, 3.8) is 0 Å². The van der Waals surface area contributed by atoms with Crippen molar-refractivity contribution in [3.05, 3.63) is 89.7 Å². The van der Waals surface area contributed by atoms with Crippen LogP contribution in [0, 0.1) is 5.82 Å². The first-order valence-electron chi connectivity index (χ1n) is 10.0. The van der Waals surface area contributed by atoms with Crippen LogP contribution in [0.4, 0.5) is 4.39 Å². The summed E-state index contributed by atoms with van der Waals surface area (Å²) in [5.41, 5.74) is 11.7. The van der Waals surface area contributed by atoms with Gasteiger partial charge in [0.15, 0.2) is 0 Å². The third-order valence-corrected chi connectivity index (χ3v) is 5.64. The molecule has 0 amide bonds. The number of halogens is 2. The molecule has 0 saturated carbocycles. The normalized spacial score (nSPS) is 9.82. The lowest BCUT2D eigenvalue weighted by atomic mass is 10.1. The second-order valence-electron chi connectivity index (χ2n) is 7.01. The minimum atomic E-state index is -4.00. The number of primary sulfonamides is 1. The first kappa shape index (κ1) is 35.3. The maximum absolute atomic E-state index is 13.7. The zero-order chi connectivity index (χ0) is 27.8. The summed E-state index contributed by atoms with van der Waals surface area (Å²) in [6.45, 7) is 0. The number of hydrogen-bond acceptors (Lipinski definition) is 5. The minimum Gasteiger partial charge on any atom is -0.487 e. The van der Waals surface area contributed by atoms with Gasteiger partial charge in [-0.3, -0.25) is 0 Å². The molecule has 1 aromatic heterocycles. The molecule has 0 unspecified atom stereocenters. The fourth-order valence-electron chi connectivity index (χ4n) is 3.05. The van der Waals surface area contributed by atoms with Crippen LogP contribution in [0.1, 0.15) is 7.43 Å². The molecule has 0 aliphatic rings. The molecule has 39 heavy (non-hydrogen) atoms. The van der Waals surface area contributed by atoms with Gasteiger partial charge in [-0.2, -0.15) is 5.10 Å². The van der Waals surface area contributed by atoms with Gasteiger partial charge in [0.05, 0.1) is 22.1 Å². The third-order valence-electron chi connectivity index (χ3n) is 4.39. The fraction of sp³-hybridized carbons (Fsp3) is 0.0417. The van der Waals surface area contributed by atoms with E-state index < -0.39 is 26.2 Å². The Morgan fingerprint density at radius 3 is 1.92 bits per heavy atom. The van der Waals surface area contributed by atoms with Crippen LogP contribution in [-0.4, -0.2) is 44.2 Å². The number of benzene rings is 3. The van der Waals surface area contributed by atoms with Crippen LogP contribution in [0.25, 0.3) is 28.2 Å². The Bertz CT molecular complexity index is 1500. The molecule has 15 heteroatoms.